The summed E-state index contributed by atoms with van der Waals surface area (Å²) in [6, 6.07) is 35.0. The van der Waals surface area contributed by atoms with Gasteiger partial charge in [-0.05, 0) is 84.6 Å². The molecule has 6 aromatic rings. The van der Waals surface area contributed by atoms with Crippen LogP contribution in [0.3, 0.4) is 0 Å². The number of amides is 2. The van der Waals surface area contributed by atoms with Crippen LogP contribution in [0, 0.1) is 11.8 Å². The Labute approximate surface area is 340 Å². The van der Waals surface area contributed by atoms with Gasteiger partial charge in [-0.3, -0.25) is 14.5 Å². The van der Waals surface area contributed by atoms with Gasteiger partial charge in [0.1, 0.15) is 29.4 Å². The lowest BCUT2D eigenvalue weighted by Gasteiger charge is -2.34. The van der Waals surface area contributed by atoms with Crippen LogP contribution < -0.4 is 5.73 Å². The SMILES string of the molecule is CCN(CC)[C@@H](C(=O)N1CCC[C@H]1c1ncc(-c2ccc(-c3ccc(C#Cc4cnc([C@@H]5CCCN5C(=O)[C@H](N)c5ccccc5)[nH]4)cc3)cc2)[nH]1)c1ccccc1. The number of hydrogen-bond donors (Lipinski definition) is 3. The number of aromatic nitrogens is 4. The summed E-state index contributed by atoms with van der Waals surface area (Å²) in [6.07, 6.45) is 7.17. The van der Waals surface area contributed by atoms with Crippen molar-refractivity contribution in [1.82, 2.24) is 34.6 Å². The van der Waals surface area contributed by atoms with Gasteiger partial charge in [0.05, 0.1) is 30.2 Å². The molecule has 0 saturated carbocycles. The fraction of sp³-hybridized carbons (Fsp3) is 0.292. The molecule has 4 N–H and O–H groups in total. The molecule has 10 nitrogen and oxygen atoms in total. The first-order valence-electron chi connectivity index (χ1n) is 20.4. The van der Waals surface area contributed by atoms with E-state index in [9.17, 15) is 9.59 Å². The lowest BCUT2D eigenvalue weighted by molar-refractivity contribution is -0.138. The van der Waals surface area contributed by atoms with Crippen LogP contribution in [0.1, 0.15) is 97.7 Å². The number of carbonyl (C=O) groups excluding carboxylic acids is 2. The maximum atomic E-state index is 14.2. The highest BCUT2D eigenvalue weighted by molar-refractivity contribution is 5.84. The van der Waals surface area contributed by atoms with E-state index in [1.165, 1.54) is 0 Å². The topological polar surface area (TPSA) is 127 Å². The van der Waals surface area contributed by atoms with E-state index in [0.29, 0.717) is 12.2 Å². The van der Waals surface area contributed by atoms with Crippen LogP contribution in [0.4, 0.5) is 0 Å². The first-order chi connectivity index (χ1) is 28.4. The summed E-state index contributed by atoms with van der Waals surface area (Å²) in [4.78, 5) is 49.9. The Hall–Kier alpha value is -6.28. The second kappa shape index (κ2) is 17.5. The first-order valence-corrected chi connectivity index (χ1v) is 20.4. The van der Waals surface area contributed by atoms with E-state index in [-0.39, 0.29) is 29.9 Å². The standard InChI is InChI=1S/C48H50N8O2/c1-3-54(4-2)44(38-15-9-6-10-16-38)48(58)56-30-12-18-42(56)46-51-32-40(53-46)36-26-24-35(25-27-36)34-22-19-33(20-23-34)21-28-39-31-50-45(52-39)41-17-11-29-55(41)47(57)43(49)37-13-7-5-8-14-37/h5-10,13-16,19-20,22-27,31-32,41-44H,3-4,11-12,17-18,29-30,49H2,1-2H3,(H,50,52)(H,51,53)/t41-,42-,43+,44+/m0/s1. The van der Waals surface area contributed by atoms with Gasteiger partial charge in [-0.25, -0.2) is 9.97 Å². The number of benzene rings is 4. The van der Waals surface area contributed by atoms with Crippen molar-refractivity contribution in [2.24, 2.45) is 5.73 Å². The van der Waals surface area contributed by atoms with Gasteiger partial charge in [-0.15, -0.1) is 0 Å². The van der Waals surface area contributed by atoms with Crippen LogP contribution in [-0.4, -0.2) is 72.6 Å². The highest BCUT2D eigenvalue weighted by atomic mass is 16.2. The molecule has 0 aliphatic carbocycles. The molecular formula is C48H50N8O2. The monoisotopic (exact) mass is 770 g/mol. The number of H-pyrrole nitrogens is 2. The van der Waals surface area contributed by atoms with E-state index in [1.807, 2.05) is 76.7 Å². The average Bonchev–Trinajstić information content (AvgIpc) is 4.12. The molecule has 2 aliphatic rings. The van der Waals surface area contributed by atoms with Crippen LogP contribution >= 0.6 is 0 Å². The third-order valence-electron chi connectivity index (χ3n) is 11.6. The minimum atomic E-state index is -0.703. The minimum Gasteiger partial charge on any atom is -0.340 e. The molecule has 294 valence electrons. The molecule has 2 fully saturated rings. The Morgan fingerprint density at radius 3 is 1.84 bits per heavy atom. The molecule has 0 radical (unpaired) electrons. The van der Waals surface area contributed by atoms with Crippen LogP contribution in [0.2, 0.25) is 0 Å². The second-order valence-electron chi connectivity index (χ2n) is 15.1. The largest absolute Gasteiger partial charge is 0.340 e. The van der Waals surface area contributed by atoms with Crippen LogP contribution in [-0.2, 0) is 9.59 Å². The Morgan fingerprint density at radius 1 is 0.690 bits per heavy atom. The maximum absolute atomic E-state index is 14.2. The molecule has 2 amide bonds. The Balaban J connectivity index is 0.904. The summed E-state index contributed by atoms with van der Waals surface area (Å²) < 4.78 is 0. The number of likely N-dealkylation sites (tertiary alicyclic amines) is 2. The molecule has 58 heavy (non-hydrogen) atoms. The van der Waals surface area contributed by atoms with E-state index in [1.54, 1.807) is 6.20 Å². The smallest absolute Gasteiger partial charge is 0.245 e. The van der Waals surface area contributed by atoms with E-state index in [0.717, 1.165) is 96.0 Å². The third-order valence-corrected chi connectivity index (χ3v) is 11.6. The average molecular weight is 771 g/mol. The number of carbonyl (C=O) groups is 2. The van der Waals surface area contributed by atoms with Gasteiger partial charge in [0.2, 0.25) is 11.8 Å². The summed E-state index contributed by atoms with van der Waals surface area (Å²) in [7, 11) is 0. The number of nitrogens with two attached hydrogens (primary N) is 1. The molecule has 2 saturated heterocycles. The number of aromatic amines is 2. The molecule has 0 spiro atoms. The molecule has 4 atom stereocenters. The highest BCUT2D eigenvalue weighted by Gasteiger charge is 2.38. The number of nitrogens with one attached hydrogen (secondary N) is 2. The van der Waals surface area contributed by atoms with Crippen LogP contribution in [0.15, 0.2) is 122 Å². The minimum absolute atomic E-state index is 0.0859. The van der Waals surface area contributed by atoms with Gasteiger partial charge in [0.15, 0.2) is 0 Å². The van der Waals surface area contributed by atoms with Gasteiger partial charge in [0.25, 0.3) is 0 Å². The van der Waals surface area contributed by atoms with E-state index in [2.05, 4.69) is 94.1 Å². The quantitative estimate of drug-likeness (QED) is 0.115. The van der Waals surface area contributed by atoms with Gasteiger partial charge < -0.3 is 25.5 Å². The van der Waals surface area contributed by atoms with Crippen molar-refractivity contribution in [3.63, 3.8) is 0 Å². The predicted octanol–water partition coefficient (Wildman–Crippen LogP) is 7.98. The molecule has 0 unspecified atom stereocenters. The van der Waals surface area contributed by atoms with Gasteiger partial charge in [-0.1, -0.05) is 117 Å². The Bertz CT molecular complexity index is 2370. The third kappa shape index (κ3) is 8.10. The van der Waals surface area contributed by atoms with E-state index >= 15 is 0 Å². The zero-order chi connectivity index (χ0) is 40.0. The maximum Gasteiger partial charge on any atom is 0.245 e. The van der Waals surface area contributed by atoms with Gasteiger partial charge >= 0.3 is 0 Å². The molecule has 0 bridgehead atoms. The Kier molecular flexibility index (Phi) is 11.6. The predicted molar refractivity (Wildman–Crippen MR) is 227 cm³/mol. The van der Waals surface area contributed by atoms with Crippen LogP contribution in [0.25, 0.3) is 22.4 Å². The number of rotatable bonds is 11. The fourth-order valence-corrected chi connectivity index (χ4v) is 8.45. The lowest BCUT2D eigenvalue weighted by atomic mass is 10.0. The molecule has 10 heteroatoms. The summed E-state index contributed by atoms with van der Waals surface area (Å²) >= 11 is 0. The Morgan fingerprint density at radius 2 is 1.22 bits per heavy atom. The number of hydrogen-bond acceptors (Lipinski definition) is 6. The van der Waals surface area contributed by atoms with Crippen molar-refractivity contribution in [3.05, 3.63) is 156 Å². The molecular weight excluding hydrogens is 721 g/mol. The van der Waals surface area contributed by atoms with Gasteiger partial charge in [-0.2, -0.15) is 0 Å². The van der Waals surface area contributed by atoms with Crippen molar-refractivity contribution >= 4 is 11.8 Å². The second-order valence-corrected chi connectivity index (χ2v) is 15.1. The van der Waals surface area contributed by atoms with Crippen molar-refractivity contribution in [2.45, 2.75) is 63.7 Å². The lowest BCUT2D eigenvalue weighted by Crippen LogP contribution is -2.43. The summed E-state index contributed by atoms with van der Waals surface area (Å²) in [5, 5.41) is 0. The van der Waals surface area contributed by atoms with Crippen molar-refractivity contribution in [3.8, 4) is 34.2 Å². The van der Waals surface area contributed by atoms with Crippen molar-refractivity contribution in [2.75, 3.05) is 26.2 Å². The van der Waals surface area contributed by atoms with E-state index < -0.39 is 6.04 Å². The zero-order valence-electron chi connectivity index (χ0n) is 33.1. The van der Waals surface area contributed by atoms with E-state index in [4.69, 9.17) is 10.7 Å². The summed E-state index contributed by atoms with van der Waals surface area (Å²) in [5.41, 5.74) is 13.9. The number of nitrogens with zero attached hydrogens (tertiary/aromatic N) is 5. The van der Waals surface area contributed by atoms with Crippen molar-refractivity contribution < 1.29 is 9.59 Å². The molecule has 2 aromatic heterocycles. The van der Waals surface area contributed by atoms with Gasteiger partial charge in [0, 0.05) is 18.7 Å². The highest BCUT2D eigenvalue weighted by Crippen LogP contribution is 2.36. The first kappa shape index (κ1) is 38.6. The molecule has 8 rings (SSSR count). The van der Waals surface area contributed by atoms with Crippen molar-refractivity contribution in [1.29, 1.82) is 0 Å². The number of likely N-dealkylation sites (N-methyl/N-ethyl adjacent to an activating group) is 1. The molecule has 4 aromatic carbocycles. The fourth-order valence-electron chi connectivity index (χ4n) is 8.45. The number of imidazole rings is 2. The molecule has 2 aliphatic heterocycles. The molecule has 4 heterocycles. The summed E-state index contributed by atoms with van der Waals surface area (Å²) in [6.45, 7) is 7.20. The summed E-state index contributed by atoms with van der Waals surface area (Å²) in [5.74, 6) is 8.07. The normalized spacial score (nSPS) is 17.6. The zero-order valence-corrected chi connectivity index (χ0v) is 33.1. The van der Waals surface area contributed by atoms with Crippen LogP contribution in [0.5, 0.6) is 0 Å².